The summed E-state index contributed by atoms with van der Waals surface area (Å²) in [7, 11) is 0. The van der Waals surface area contributed by atoms with Gasteiger partial charge < -0.3 is 19.9 Å². The van der Waals surface area contributed by atoms with E-state index in [1.807, 2.05) is 37.3 Å². The Hall–Kier alpha value is -2.24. The van der Waals surface area contributed by atoms with E-state index in [4.69, 9.17) is 44.5 Å². The van der Waals surface area contributed by atoms with Gasteiger partial charge in [-0.1, -0.05) is 62.9 Å². The van der Waals surface area contributed by atoms with Crippen molar-refractivity contribution in [2.45, 2.75) is 19.8 Å². The van der Waals surface area contributed by atoms with Gasteiger partial charge in [-0.2, -0.15) is 0 Å². The highest BCUT2D eigenvalue weighted by Crippen LogP contribution is 2.32. The molecule has 1 saturated heterocycles. The predicted octanol–water partition coefficient (Wildman–Crippen LogP) is 7.85. The quantitative estimate of drug-likeness (QED) is 0.0981. The van der Waals surface area contributed by atoms with E-state index in [0.717, 1.165) is 64.9 Å². The maximum Gasteiger partial charge on any atom is 0.311 e. The van der Waals surface area contributed by atoms with Crippen LogP contribution in [-0.2, 0) is 12.8 Å². The summed E-state index contributed by atoms with van der Waals surface area (Å²) in [4.78, 5) is 20.3. The van der Waals surface area contributed by atoms with Crippen LogP contribution in [0.5, 0.6) is 5.75 Å². The van der Waals surface area contributed by atoms with E-state index in [1.165, 1.54) is 6.07 Å². The molecule has 0 amide bonds. The lowest BCUT2D eigenvalue weighted by Gasteiger charge is -2.38. The number of nitro groups is 1. The lowest BCUT2D eigenvalue weighted by atomic mass is 10.1. The number of nitrogens with zero attached hydrogens (tertiary/aromatic N) is 4. The van der Waals surface area contributed by atoms with Crippen LogP contribution in [-0.4, -0.2) is 61.7 Å². The van der Waals surface area contributed by atoms with Gasteiger partial charge in [-0.15, -0.1) is 17.0 Å². The highest BCUT2D eigenvalue weighted by atomic mass is 79.9. The normalized spacial score (nSPS) is 13.5. The van der Waals surface area contributed by atoms with Crippen LogP contribution < -0.4 is 15.0 Å². The van der Waals surface area contributed by atoms with Crippen LogP contribution in [0.15, 0.2) is 64.1 Å². The molecule has 0 spiro atoms. The summed E-state index contributed by atoms with van der Waals surface area (Å²) in [5.74, 6) is 1.11. The largest absolute Gasteiger partial charge is 0.487 e. The summed E-state index contributed by atoms with van der Waals surface area (Å²) in [5.41, 5.74) is 2.92. The lowest BCUT2D eigenvalue weighted by Crippen LogP contribution is -2.53. The van der Waals surface area contributed by atoms with Crippen LogP contribution in [0.4, 0.5) is 11.4 Å². The summed E-state index contributed by atoms with van der Waals surface area (Å²) in [6.07, 6.45) is 1.43. The number of halogens is 5. The molecule has 1 heterocycles. The summed E-state index contributed by atoms with van der Waals surface area (Å²) in [6.45, 7) is 6.31. The fourth-order valence-electron chi connectivity index (χ4n) is 4.61. The van der Waals surface area contributed by atoms with Crippen molar-refractivity contribution in [3.63, 3.8) is 0 Å². The molecular formula is C29H32Br2Cl3N5O3. The Labute approximate surface area is 280 Å². The molecule has 13 heteroatoms. The van der Waals surface area contributed by atoms with E-state index >= 15 is 0 Å². The van der Waals surface area contributed by atoms with Crippen LogP contribution in [0.25, 0.3) is 0 Å². The molecule has 42 heavy (non-hydrogen) atoms. The number of benzene rings is 3. The summed E-state index contributed by atoms with van der Waals surface area (Å²) >= 11 is 22.3. The number of ether oxygens (including phenoxy) is 1. The van der Waals surface area contributed by atoms with E-state index < -0.39 is 4.92 Å². The molecule has 0 aliphatic carbocycles. The molecule has 0 radical (unpaired) electrons. The maximum atomic E-state index is 11.4. The zero-order valence-corrected chi connectivity index (χ0v) is 28.6. The van der Waals surface area contributed by atoms with Gasteiger partial charge in [0.05, 0.1) is 11.5 Å². The number of piperazine rings is 1. The topological polar surface area (TPSA) is 83.2 Å². The van der Waals surface area contributed by atoms with Crippen molar-refractivity contribution >= 4 is 85.0 Å². The molecule has 0 aromatic heterocycles. The van der Waals surface area contributed by atoms with E-state index in [2.05, 4.69) is 31.0 Å². The monoisotopic (exact) mass is 761 g/mol. The van der Waals surface area contributed by atoms with E-state index in [1.54, 1.807) is 18.2 Å². The molecule has 226 valence electrons. The van der Waals surface area contributed by atoms with Gasteiger partial charge in [-0.25, -0.2) is 0 Å². The second kappa shape index (κ2) is 16.6. The summed E-state index contributed by atoms with van der Waals surface area (Å²) < 4.78 is 6.49. The van der Waals surface area contributed by atoms with Crippen molar-refractivity contribution in [1.29, 1.82) is 0 Å². The minimum atomic E-state index is -0.417. The third-order valence-corrected chi connectivity index (χ3v) is 8.17. The van der Waals surface area contributed by atoms with Gasteiger partial charge >= 0.3 is 5.69 Å². The number of hydrogen-bond donors (Lipinski definition) is 1. The second-order valence-corrected chi connectivity index (χ2v) is 11.6. The molecule has 1 aliphatic rings. The molecule has 4 rings (SSSR count). The molecule has 1 fully saturated rings. The van der Waals surface area contributed by atoms with E-state index in [9.17, 15) is 10.1 Å². The first-order valence-corrected chi connectivity index (χ1v) is 15.2. The molecule has 3 aromatic carbocycles. The Morgan fingerprint density at radius 1 is 1.00 bits per heavy atom. The molecular weight excluding hydrogens is 733 g/mol. The zero-order chi connectivity index (χ0) is 29.4. The van der Waals surface area contributed by atoms with Gasteiger partial charge in [0, 0.05) is 76.6 Å². The Kier molecular flexibility index (Phi) is 13.5. The van der Waals surface area contributed by atoms with Crippen LogP contribution in [0.3, 0.4) is 0 Å². The Morgan fingerprint density at radius 2 is 1.69 bits per heavy atom. The average Bonchev–Trinajstić information content (AvgIpc) is 2.94. The SMILES string of the molecule is Br.CCOc1cc(N2CCN(C(=NCCc3ccc(Cl)cc3Cl)NCCc3ccc(Br)cc3Cl)CC2)ccc1[N+](=O)[O-]. The van der Waals surface area contributed by atoms with Crippen molar-refractivity contribution in [2.75, 3.05) is 50.8 Å². The number of rotatable bonds is 10. The van der Waals surface area contributed by atoms with Crippen LogP contribution in [0, 0.1) is 10.1 Å². The highest BCUT2D eigenvalue weighted by Gasteiger charge is 2.23. The maximum absolute atomic E-state index is 11.4. The summed E-state index contributed by atoms with van der Waals surface area (Å²) in [5, 5.41) is 16.9. The first kappa shape index (κ1) is 34.3. The Morgan fingerprint density at radius 3 is 2.36 bits per heavy atom. The van der Waals surface area contributed by atoms with Crippen LogP contribution >= 0.6 is 67.7 Å². The zero-order valence-electron chi connectivity index (χ0n) is 23.0. The van der Waals surface area contributed by atoms with Crippen molar-refractivity contribution in [3.05, 3.63) is 95.4 Å². The van der Waals surface area contributed by atoms with Crippen molar-refractivity contribution in [3.8, 4) is 5.75 Å². The third kappa shape index (κ3) is 9.38. The molecule has 0 unspecified atom stereocenters. The Bertz CT molecular complexity index is 1400. The lowest BCUT2D eigenvalue weighted by molar-refractivity contribution is -0.385. The number of nitro benzene ring substituents is 1. The van der Waals surface area contributed by atoms with E-state index in [-0.39, 0.29) is 28.4 Å². The minimum absolute atomic E-state index is 0. The predicted molar refractivity (Wildman–Crippen MR) is 182 cm³/mol. The smallest absolute Gasteiger partial charge is 0.311 e. The fourth-order valence-corrected chi connectivity index (χ4v) is 5.88. The minimum Gasteiger partial charge on any atom is -0.487 e. The standard InChI is InChI=1S/C29H31BrCl3N5O3.BrH/c1-2-41-28-19-24(7-8-27(28)38(39)40)36-13-15-37(16-14-36)29(34-11-9-20-3-5-22(30)17-25(20)32)35-12-10-21-4-6-23(31)18-26(21)33;/h3-8,17-19H,2,9-16H2,1H3,(H,34,35);1H. The van der Waals surface area contributed by atoms with Crippen LogP contribution in [0.1, 0.15) is 18.1 Å². The molecule has 1 N–H and O–H groups in total. The molecule has 3 aromatic rings. The first-order chi connectivity index (χ1) is 19.7. The number of hydrogen-bond acceptors (Lipinski definition) is 5. The Balaban J connectivity index is 0.00000484. The van der Waals surface area contributed by atoms with Crippen molar-refractivity contribution in [2.24, 2.45) is 4.99 Å². The van der Waals surface area contributed by atoms with Crippen LogP contribution in [0.2, 0.25) is 15.1 Å². The number of nitrogens with one attached hydrogen (secondary N) is 1. The van der Waals surface area contributed by atoms with Gasteiger partial charge in [0.2, 0.25) is 0 Å². The van der Waals surface area contributed by atoms with Gasteiger partial charge in [0.15, 0.2) is 11.7 Å². The molecule has 0 bridgehead atoms. The molecule has 1 aliphatic heterocycles. The number of aliphatic imine (C=N–C) groups is 1. The molecule has 0 saturated carbocycles. The first-order valence-electron chi connectivity index (χ1n) is 13.3. The number of guanidine groups is 1. The average molecular weight is 765 g/mol. The van der Waals surface area contributed by atoms with Gasteiger partial charge in [-0.3, -0.25) is 15.1 Å². The van der Waals surface area contributed by atoms with Gasteiger partial charge in [0.1, 0.15) is 0 Å². The fraction of sp³-hybridized carbons (Fsp3) is 0.345. The van der Waals surface area contributed by atoms with E-state index in [0.29, 0.717) is 36.2 Å². The second-order valence-electron chi connectivity index (χ2n) is 9.42. The van der Waals surface area contributed by atoms with Gasteiger partial charge in [-0.05, 0) is 61.2 Å². The molecule has 8 nitrogen and oxygen atoms in total. The number of anilines is 1. The van der Waals surface area contributed by atoms with Crippen molar-refractivity contribution in [1.82, 2.24) is 10.2 Å². The van der Waals surface area contributed by atoms with Crippen molar-refractivity contribution < 1.29 is 9.66 Å². The highest BCUT2D eigenvalue weighted by molar-refractivity contribution is 9.10. The van der Waals surface area contributed by atoms with Gasteiger partial charge in [0.25, 0.3) is 0 Å². The summed E-state index contributed by atoms with van der Waals surface area (Å²) in [6, 6.07) is 16.5. The molecule has 0 atom stereocenters. The third-order valence-electron chi connectivity index (χ3n) is 6.73.